The van der Waals surface area contributed by atoms with Crippen LogP contribution in [0.1, 0.15) is 91.9 Å². The first-order valence-electron chi connectivity index (χ1n) is 13.1. The predicted octanol–water partition coefficient (Wildman–Crippen LogP) is 6.90. The Balaban J connectivity index is 1.35. The van der Waals surface area contributed by atoms with Crippen LogP contribution in [0, 0.1) is 46.3 Å². The lowest BCUT2D eigenvalue weighted by atomic mass is 9.55. The molecule has 0 amide bonds. The Bertz CT molecular complexity index is 760. The van der Waals surface area contributed by atoms with Gasteiger partial charge in [-0.15, -0.1) is 0 Å². The Labute approximate surface area is 179 Å². The minimum absolute atomic E-state index is 0.518. The SMILES string of the molecule is CC1=C2CC3C(CC=C4CC(C)CCC43C)C2CCC12CC1CCCNC1C2C. The molecule has 29 heavy (non-hydrogen) atoms. The van der Waals surface area contributed by atoms with Crippen molar-refractivity contribution in [2.24, 2.45) is 46.3 Å². The quantitative estimate of drug-likeness (QED) is 0.441. The molecule has 0 aromatic carbocycles. The zero-order valence-corrected chi connectivity index (χ0v) is 19.4. The average molecular weight is 394 g/mol. The highest BCUT2D eigenvalue weighted by Crippen LogP contribution is 2.67. The number of piperidine rings is 1. The van der Waals surface area contributed by atoms with Gasteiger partial charge in [-0.25, -0.2) is 0 Å². The highest BCUT2D eigenvalue weighted by Gasteiger charge is 2.59. The molecule has 1 heteroatoms. The number of hydrogen-bond acceptors (Lipinski definition) is 1. The number of nitrogens with one attached hydrogen (secondary N) is 1. The van der Waals surface area contributed by atoms with Gasteiger partial charge in [0.15, 0.2) is 0 Å². The second-order valence-electron chi connectivity index (χ2n) is 12.5. The topological polar surface area (TPSA) is 12.0 Å². The van der Waals surface area contributed by atoms with Gasteiger partial charge in [-0.2, -0.15) is 0 Å². The lowest BCUT2D eigenvalue weighted by Crippen LogP contribution is -2.43. The molecule has 4 fully saturated rings. The van der Waals surface area contributed by atoms with E-state index in [2.05, 4.69) is 39.1 Å². The van der Waals surface area contributed by atoms with Crippen LogP contribution in [0.2, 0.25) is 0 Å². The molecule has 0 radical (unpaired) electrons. The monoisotopic (exact) mass is 393 g/mol. The highest BCUT2D eigenvalue weighted by atomic mass is 15.0. The standard InChI is InChI=1S/C28H43N/c1-17-9-11-27(4)21(14-17)7-8-23-22-10-12-28(18(2)24(22)15-25(23)27)16-20-6-5-13-29-26(20)19(28)3/h7,17,19-20,22-23,25-26,29H,5-6,8-16H2,1-4H3. The molecule has 0 aromatic heterocycles. The van der Waals surface area contributed by atoms with E-state index >= 15 is 0 Å². The van der Waals surface area contributed by atoms with E-state index in [1.165, 1.54) is 70.8 Å². The van der Waals surface area contributed by atoms with Crippen molar-refractivity contribution in [3.05, 3.63) is 22.8 Å². The first kappa shape index (κ1) is 19.1. The molecule has 9 atom stereocenters. The minimum Gasteiger partial charge on any atom is -0.313 e. The summed E-state index contributed by atoms with van der Waals surface area (Å²) in [6.07, 6.45) is 17.2. The Hall–Kier alpha value is -0.560. The van der Waals surface area contributed by atoms with E-state index in [0.29, 0.717) is 10.8 Å². The fourth-order valence-corrected chi connectivity index (χ4v) is 9.90. The molecule has 1 aliphatic heterocycles. The van der Waals surface area contributed by atoms with E-state index in [0.717, 1.165) is 41.5 Å². The van der Waals surface area contributed by atoms with E-state index < -0.39 is 0 Å². The maximum Gasteiger partial charge on any atom is 0.0130 e. The molecule has 1 heterocycles. The van der Waals surface area contributed by atoms with Crippen molar-refractivity contribution in [2.45, 2.75) is 97.9 Å². The van der Waals surface area contributed by atoms with Crippen LogP contribution >= 0.6 is 0 Å². The molecule has 160 valence electrons. The van der Waals surface area contributed by atoms with Crippen molar-refractivity contribution >= 4 is 0 Å². The van der Waals surface area contributed by atoms with Crippen LogP contribution in [-0.4, -0.2) is 12.6 Å². The van der Waals surface area contributed by atoms with Crippen molar-refractivity contribution < 1.29 is 0 Å². The molecule has 6 aliphatic rings. The summed E-state index contributed by atoms with van der Waals surface area (Å²) in [6, 6.07) is 0.796. The average Bonchev–Trinajstić information content (AvgIpc) is 3.24. The van der Waals surface area contributed by atoms with Crippen molar-refractivity contribution in [3.8, 4) is 0 Å². The Kier molecular flexibility index (Phi) is 4.27. The van der Waals surface area contributed by atoms with Crippen LogP contribution in [0.5, 0.6) is 0 Å². The molecular formula is C28H43N. The second-order valence-corrected chi connectivity index (χ2v) is 12.5. The second kappa shape index (κ2) is 6.47. The van der Waals surface area contributed by atoms with Gasteiger partial charge in [0.25, 0.3) is 0 Å². The molecule has 5 aliphatic carbocycles. The van der Waals surface area contributed by atoms with E-state index in [9.17, 15) is 0 Å². The van der Waals surface area contributed by atoms with Gasteiger partial charge in [0, 0.05) is 6.04 Å². The van der Waals surface area contributed by atoms with Crippen LogP contribution in [0.15, 0.2) is 22.8 Å². The lowest BCUT2D eigenvalue weighted by molar-refractivity contribution is 0.0955. The molecular weight excluding hydrogens is 350 g/mol. The van der Waals surface area contributed by atoms with E-state index in [1.54, 1.807) is 0 Å². The summed E-state index contributed by atoms with van der Waals surface area (Å²) in [7, 11) is 0. The normalized spacial score (nSPS) is 53.9. The molecule has 1 N–H and O–H groups in total. The maximum atomic E-state index is 3.95. The lowest BCUT2D eigenvalue weighted by Gasteiger charge is -2.49. The van der Waals surface area contributed by atoms with Gasteiger partial charge in [-0.05, 0) is 124 Å². The largest absolute Gasteiger partial charge is 0.313 e. The first-order chi connectivity index (χ1) is 13.9. The number of allylic oxidation sites excluding steroid dienone is 4. The number of hydrogen-bond donors (Lipinski definition) is 1. The van der Waals surface area contributed by atoms with Crippen molar-refractivity contribution in [2.75, 3.05) is 6.54 Å². The fourth-order valence-electron chi connectivity index (χ4n) is 9.90. The summed E-state index contributed by atoms with van der Waals surface area (Å²) >= 11 is 0. The van der Waals surface area contributed by atoms with Gasteiger partial charge in [-0.3, -0.25) is 0 Å². The predicted molar refractivity (Wildman–Crippen MR) is 122 cm³/mol. The Morgan fingerprint density at radius 2 is 1.93 bits per heavy atom. The summed E-state index contributed by atoms with van der Waals surface area (Å²) < 4.78 is 0. The maximum absolute atomic E-state index is 3.95. The van der Waals surface area contributed by atoms with E-state index in [-0.39, 0.29) is 0 Å². The van der Waals surface area contributed by atoms with Crippen LogP contribution < -0.4 is 5.32 Å². The molecule has 9 unspecified atom stereocenters. The van der Waals surface area contributed by atoms with Gasteiger partial charge in [-0.1, -0.05) is 43.6 Å². The molecule has 0 aromatic rings. The van der Waals surface area contributed by atoms with Crippen LogP contribution in [0.3, 0.4) is 0 Å². The number of fused-ring (bicyclic) bond motifs is 6. The smallest absolute Gasteiger partial charge is 0.0130 e. The van der Waals surface area contributed by atoms with E-state index in [4.69, 9.17) is 0 Å². The zero-order valence-electron chi connectivity index (χ0n) is 19.4. The summed E-state index contributed by atoms with van der Waals surface area (Å²) in [5, 5.41) is 3.95. The molecule has 1 nitrogen and oxygen atoms in total. The third kappa shape index (κ3) is 2.49. The molecule has 1 saturated heterocycles. The summed E-state index contributed by atoms with van der Waals surface area (Å²) in [5.41, 5.74) is 6.76. The summed E-state index contributed by atoms with van der Waals surface area (Å²) in [6.45, 7) is 11.6. The van der Waals surface area contributed by atoms with Gasteiger partial charge in [0.2, 0.25) is 0 Å². The third-order valence-electron chi connectivity index (χ3n) is 11.6. The van der Waals surface area contributed by atoms with Gasteiger partial charge < -0.3 is 5.32 Å². The van der Waals surface area contributed by atoms with Crippen molar-refractivity contribution in [1.82, 2.24) is 5.32 Å². The molecule has 3 saturated carbocycles. The zero-order chi connectivity index (χ0) is 20.0. The first-order valence-corrected chi connectivity index (χ1v) is 13.1. The van der Waals surface area contributed by atoms with Gasteiger partial charge in [0.1, 0.15) is 0 Å². The van der Waals surface area contributed by atoms with Crippen molar-refractivity contribution in [1.29, 1.82) is 0 Å². The van der Waals surface area contributed by atoms with E-state index in [1.807, 2.05) is 16.7 Å². The fraction of sp³-hybridized carbons (Fsp3) is 0.857. The van der Waals surface area contributed by atoms with Gasteiger partial charge in [0.05, 0.1) is 0 Å². The summed E-state index contributed by atoms with van der Waals surface area (Å²) in [4.78, 5) is 0. The van der Waals surface area contributed by atoms with Crippen LogP contribution in [-0.2, 0) is 0 Å². The van der Waals surface area contributed by atoms with Gasteiger partial charge >= 0.3 is 0 Å². The highest BCUT2D eigenvalue weighted by molar-refractivity contribution is 5.37. The Morgan fingerprint density at radius 3 is 2.76 bits per heavy atom. The Morgan fingerprint density at radius 1 is 1.07 bits per heavy atom. The minimum atomic E-state index is 0.518. The number of rotatable bonds is 0. The van der Waals surface area contributed by atoms with Crippen LogP contribution in [0.4, 0.5) is 0 Å². The van der Waals surface area contributed by atoms with Crippen LogP contribution in [0.25, 0.3) is 0 Å². The molecule has 0 bridgehead atoms. The molecule has 1 spiro atoms. The van der Waals surface area contributed by atoms with Crippen molar-refractivity contribution in [3.63, 3.8) is 0 Å². The third-order valence-corrected chi connectivity index (χ3v) is 11.6. The summed E-state index contributed by atoms with van der Waals surface area (Å²) in [5.74, 6) is 5.51. The molecule has 6 rings (SSSR count).